The number of imidazole rings is 2. The van der Waals surface area contributed by atoms with Gasteiger partial charge in [0.15, 0.2) is 11.3 Å². The van der Waals surface area contributed by atoms with Gasteiger partial charge in [-0.25, -0.2) is 9.97 Å². The van der Waals surface area contributed by atoms with Crippen molar-refractivity contribution in [3.05, 3.63) is 77.0 Å². The number of nitrogens with zero attached hydrogens (tertiary/aromatic N) is 7. The fourth-order valence-corrected chi connectivity index (χ4v) is 4.11. The van der Waals surface area contributed by atoms with Crippen LogP contribution in [-0.2, 0) is 26.8 Å². The molecule has 0 aliphatic rings. The SMILES string of the molecule is Cn1cc(C(F)(F)F)nc1-c1ccc(Cn2c(=N)n(C)c3c(-c4ccccn4)nc(Cl)nc32)cc1. The third-order valence-electron chi connectivity index (χ3n) is 5.63. The summed E-state index contributed by atoms with van der Waals surface area (Å²) in [6.07, 6.45) is -1.90. The second-order valence-electron chi connectivity index (χ2n) is 7.95. The number of alkyl halides is 3. The predicted octanol–water partition coefficient (Wildman–Crippen LogP) is 4.43. The number of nitrogens with one attached hydrogen (secondary N) is 1. The number of benzene rings is 1. The van der Waals surface area contributed by atoms with Gasteiger partial charge in [0.25, 0.3) is 0 Å². The highest BCUT2D eigenvalue weighted by Gasteiger charge is 2.34. The lowest BCUT2D eigenvalue weighted by Crippen LogP contribution is -2.23. The van der Waals surface area contributed by atoms with E-state index in [0.717, 1.165) is 11.8 Å². The molecule has 35 heavy (non-hydrogen) atoms. The maximum Gasteiger partial charge on any atom is 0.434 e. The lowest BCUT2D eigenvalue weighted by Gasteiger charge is -2.07. The summed E-state index contributed by atoms with van der Waals surface area (Å²) in [5.74, 6) is 0.211. The molecule has 0 atom stereocenters. The van der Waals surface area contributed by atoms with Crippen LogP contribution in [0.2, 0.25) is 5.28 Å². The van der Waals surface area contributed by atoms with Crippen LogP contribution in [0.4, 0.5) is 13.2 Å². The second-order valence-corrected chi connectivity index (χ2v) is 8.29. The Morgan fingerprint density at radius 3 is 2.37 bits per heavy atom. The van der Waals surface area contributed by atoms with Gasteiger partial charge in [-0.2, -0.15) is 18.2 Å². The summed E-state index contributed by atoms with van der Waals surface area (Å²) < 4.78 is 43.7. The maximum atomic E-state index is 13.0. The summed E-state index contributed by atoms with van der Waals surface area (Å²) in [5, 5.41) is 8.67. The lowest BCUT2D eigenvalue weighted by atomic mass is 10.1. The van der Waals surface area contributed by atoms with Crippen LogP contribution >= 0.6 is 11.6 Å². The lowest BCUT2D eigenvalue weighted by molar-refractivity contribution is -0.140. The van der Waals surface area contributed by atoms with E-state index in [9.17, 15) is 13.2 Å². The molecule has 8 nitrogen and oxygen atoms in total. The summed E-state index contributed by atoms with van der Waals surface area (Å²) in [4.78, 5) is 16.8. The quantitative estimate of drug-likeness (QED) is 0.371. The van der Waals surface area contributed by atoms with E-state index in [0.29, 0.717) is 34.7 Å². The normalized spacial score (nSPS) is 11.9. The van der Waals surface area contributed by atoms with E-state index in [1.807, 2.05) is 6.07 Å². The number of hydrogen-bond donors (Lipinski definition) is 1. The highest BCUT2D eigenvalue weighted by Crippen LogP contribution is 2.31. The summed E-state index contributed by atoms with van der Waals surface area (Å²) in [6, 6.07) is 12.4. The molecule has 12 heteroatoms. The smallest absolute Gasteiger partial charge is 0.333 e. The minimum atomic E-state index is -4.51. The molecule has 0 amide bonds. The van der Waals surface area contributed by atoms with E-state index < -0.39 is 11.9 Å². The van der Waals surface area contributed by atoms with E-state index >= 15 is 0 Å². The molecule has 5 aromatic rings. The molecular weight excluding hydrogens is 481 g/mol. The summed E-state index contributed by atoms with van der Waals surface area (Å²) in [6.45, 7) is 0.291. The molecule has 0 unspecified atom stereocenters. The minimum absolute atomic E-state index is 0.0306. The predicted molar refractivity (Wildman–Crippen MR) is 123 cm³/mol. The number of rotatable bonds is 4. The molecule has 178 valence electrons. The van der Waals surface area contributed by atoms with Crippen LogP contribution < -0.4 is 5.62 Å². The van der Waals surface area contributed by atoms with Crippen molar-refractivity contribution in [2.24, 2.45) is 14.1 Å². The molecule has 0 bridgehead atoms. The number of fused-ring (bicyclic) bond motifs is 1. The van der Waals surface area contributed by atoms with Gasteiger partial charge in [-0.1, -0.05) is 30.3 Å². The Balaban J connectivity index is 1.54. The fraction of sp³-hybridized carbons (Fsp3) is 0.174. The number of pyridine rings is 1. The van der Waals surface area contributed by atoms with Crippen LogP contribution in [0.3, 0.4) is 0 Å². The molecule has 1 aromatic carbocycles. The van der Waals surface area contributed by atoms with Crippen molar-refractivity contribution in [2.75, 3.05) is 0 Å². The van der Waals surface area contributed by atoms with Gasteiger partial charge in [-0.15, -0.1) is 0 Å². The molecule has 0 spiro atoms. The first-order valence-corrected chi connectivity index (χ1v) is 10.8. The Morgan fingerprint density at radius 1 is 1.00 bits per heavy atom. The van der Waals surface area contributed by atoms with E-state index in [1.54, 1.807) is 58.8 Å². The average molecular weight is 499 g/mol. The molecule has 4 aromatic heterocycles. The van der Waals surface area contributed by atoms with Gasteiger partial charge in [0.05, 0.1) is 12.2 Å². The van der Waals surface area contributed by atoms with Gasteiger partial charge in [0.2, 0.25) is 10.9 Å². The standard InChI is InChI=1S/C23H18ClF3N8/c1-33-12-16(23(25,26)27)30-19(33)14-8-6-13(7-9-14)11-35-20-18(34(2)22(35)28)17(31-21(24)32-20)15-5-3-4-10-29-15/h3-10,12,28H,11H2,1-2H3. The van der Waals surface area contributed by atoms with Gasteiger partial charge in [0.1, 0.15) is 17.0 Å². The van der Waals surface area contributed by atoms with Gasteiger partial charge < -0.3 is 9.13 Å². The highest BCUT2D eigenvalue weighted by molar-refractivity contribution is 6.28. The van der Waals surface area contributed by atoms with Crippen molar-refractivity contribution in [1.29, 1.82) is 5.41 Å². The van der Waals surface area contributed by atoms with Crippen molar-refractivity contribution in [2.45, 2.75) is 12.7 Å². The molecule has 1 N–H and O–H groups in total. The van der Waals surface area contributed by atoms with Crippen LogP contribution in [-0.4, -0.2) is 33.6 Å². The second kappa shape index (κ2) is 8.35. The third kappa shape index (κ3) is 4.08. The molecule has 4 heterocycles. The van der Waals surface area contributed by atoms with Crippen LogP contribution in [0.1, 0.15) is 11.3 Å². The Labute approximate surface area is 201 Å². The maximum absolute atomic E-state index is 13.0. The van der Waals surface area contributed by atoms with Crippen LogP contribution in [0.25, 0.3) is 33.9 Å². The fourth-order valence-electron chi connectivity index (χ4n) is 3.94. The van der Waals surface area contributed by atoms with Crippen LogP contribution in [0, 0.1) is 5.41 Å². The molecule has 5 rings (SSSR count). The van der Waals surface area contributed by atoms with Crippen molar-refractivity contribution in [3.8, 4) is 22.8 Å². The average Bonchev–Trinajstić information content (AvgIpc) is 3.33. The first kappa shape index (κ1) is 22.8. The molecule has 0 aliphatic heterocycles. The van der Waals surface area contributed by atoms with Crippen molar-refractivity contribution in [3.63, 3.8) is 0 Å². The summed E-state index contributed by atoms with van der Waals surface area (Å²) in [7, 11) is 3.26. The van der Waals surface area contributed by atoms with E-state index in [1.165, 1.54) is 11.6 Å². The molecule has 0 saturated carbocycles. The Hall–Kier alpha value is -3.99. The molecule has 0 fully saturated rings. The van der Waals surface area contributed by atoms with Crippen molar-refractivity contribution in [1.82, 2.24) is 33.6 Å². The molecule has 0 saturated heterocycles. The Bertz CT molecular complexity index is 1600. The highest BCUT2D eigenvalue weighted by atomic mass is 35.5. The largest absolute Gasteiger partial charge is 0.434 e. The topological polar surface area (TPSA) is 90.2 Å². The zero-order valence-electron chi connectivity index (χ0n) is 18.5. The number of halogens is 4. The first-order valence-electron chi connectivity index (χ1n) is 10.4. The zero-order chi connectivity index (χ0) is 24.9. The van der Waals surface area contributed by atoms with E-state index in [2.05, 4.69) is 19.9 Å². The first-order chi connectivity index (χ1) is 16.6. The monoisotopic (exact) mass is 498 g/mol. The zero-order valence-corrected chi connectivity index (χ0v) is 19.3. The van der Waals surface area contributed by atoms with Crippen LogP contribution in [0.15, 0.2) is 54.9 Å². The van der Waals surface area contributed by atoms with Gasteiger partial charge >= 0.3 is 6.18 Å². The van der Waals surface area contributed by atoms with Gasteiger partial charge in [-0.05, 0) is 29.3 Å². The number of aromatic nitrogens is 7. The summed E-state index contributed by atoms with van der Waals surface area (Å²) in [5.41, 5.74) is 2.81. The van der Waals surface area contributed by atoms with E-state index in [4.69, 9.17) is 17.0 Å². The number of aryl methyl sites for hydroxylation is 2. The Morgan fingerprint density at radius 2 is 1.74 bits per heavy atom. The third-order valence-corrected chi connectivity index (χ3v) is 5.80. The number of hydrogen-bond acceptors (Lipinski definition) is 5. The van der Waals surface area contributed by atoms with Crippen molar-refractivity contribution < 1.29 is 13.2 Å². The van der Waals surface area contributed by atoms with Crippen molar-refractivity contribution >= 4 is 22.8 Å². The Kier molecular flexibility index (Phi) is 5.43. The van der Waals surface area contributed by atoms with Gasteiger partial charge in [-0.3, -0.25) is 15.0 Å². The van der Waals surface area contributed by atoms with Gasteiger partial charge in [0, 0.05) is 32.1 Å². The molecule has 0 radical (unpaired) electrons. The summed E-state index contributed by atoms with van der Waals surface area (Å²) >= 11 is 6.22. The van der Waals surface area contributed by atoms with Crippen LogP contribution in [0.5, 0.6) is 0 Å². The minimum Gasteiger partial charge on any atom is -0.333 e. The molecular formula is C23H18ClF3N8. The van der Waals surface area contributed by atoms with E-state index in [-0.39, 0.29) is 16.7 Å². The molecule has 0 aliphatic carbocycles.